The Morgan fingerprint density at radius 3 is 2.64 bits per heavy atom. The molecule has 0 radical (unpaired) electrons. The molecule has 1 atom stereocenters. The fraction of sp³-hybridized carbons (Fsp3) is 0.136. The maximum absolute atomic E-state index is 12.8. The van der Waals surface area contributed by atoms with Gasteiger partial charge in [-0.2, -0.15) is 0 Å². The molecule has 2 amide bonds. The van der Waals surface area contributed by atoms with E-state index < -0.39 is 5.25 Å². The van der Waals surface area contributed by atoms with Crippen molar-refractivity contribution in [3.05, 3.63) is 72.3 Å². The van der Waals surface area contributed by atoms with Gasteiger partial charge in [0.25, 0.3) is 0 Å². The second-order valence-corrected chi connectivity index (χ2v) is 7.82. The maximum Gasteiger partial charge on any atom is 0.238 e. The van der Waals surface area contributed by atoms with Gasteiger partial charge in [0, 0.05) is 17.5 Å². The number of amidine groups is 1. The summed E-state index contributed by atoms with van der Waals surface area (Å²) in [5.74, 6) is -0.407. The van der Waals surface area contributed by atoms with Crippen molar-refractivity contribution < 1.29 is 9.59 Å². The topological polar surface area (TPSA) is 70.6 Å². The minimum atomic E-state index is -0.531. The molecule has 5 nitrogen and oxygen atoms in total. The second-order valence-electron chi connectivity index (χ2n) is 6.63. The minimum absolute atomic E-state index is 0.119. The quantitative estimate of drug-likeness (QED) is 0.698. The van der Waals surface area contributed by atoms with Crippen LogP contribution in [0.2, 0.25) is 0 Å². The van der Waals surface area contributed by atoms with Crippen LogP contribution in [0.4, 0.5) is 11.4 Å². The third-order valence-corrected chi connectivity index (χ3v) is 5.56. The number of amides is 2. The van der Waals surface area contributed by atoms with Gasteiger partial charge in [0.2, 0.25) is 11.8 Å². The molecule has 1 fully saturated rings. The lowest BCUT2D eigenvalue weighted by Gasteiger charge is -2.22. The van der Waals surface area contributed by atoms with E-state index in [1.807, 2.05) is 73.7 Å². The van der Waals surface area contributed by atoms with Gasteiger partial charge in [0.05, 0.1) is 5.69 Å². The molecule has 6 heteroatoms. The van der Waals surface area contributed by atoms with Gasteiger partial charge in [-0.1, -0.05) is 65.9 Å². The van der Waals surface area contributed by atoms with E-state index in [4.69, 9.17) is 0 Å². The second kappa shape index (κ2) is 7.86. The van der Waals surface area contributed by atoms with Crippen LogP contribution in [0, 0.1) is 6.92 Å². The first-order valence-corrected chi connectivity index (χ1v) is 9.87. The standard InChI is InChI=1S/C22H19N3O2S/c1-14-9-11-16(12-10-14)23-22-25-20(26)13-19(28-22)21(27)24-18-8-4-6-15-5-2-3-7-17(15)18/h2-12,19H,13H2,1H3,(H,24,27)(H,23,25,26). The predicted octanol–water partition coefficient (Wildman–Crippen LogP) is 4.40. The smallest absolute Gasteiger partial charge is 0.238 e. The third kappa shape index (κ3) is 4.07. The Balaban J connectivity index is 1.53. The number of nitrogens with one attached hydrogen (secondary N) is 2. The Morgan fingerprint density at radius 1 is 1.07 bits per heavy atom. The molecule has 140 valence electrons. The number of anilines is 1. The summed E-state index contributed by atoms with van der Waals surface area (Å²) >= 11 is 1.27. The summed E-state index contributed by atoms with van der Waals surface area (Å²) in [5, 5.41) is 7.66. The number of carbonyl (C=O) groups is 2. The van der Waals surface area contributed by atoms with E-state index in [0.717, 1.165) is 27.7 Å². The normalized spacial score (nSPS) is 18.1. The van der Waals surface area contributed by atoms with E-state index >= 15 is 0 Å². The molecule has 0 bridgehead atoms. The monoisotopic (exact) mass is 389 g/mol. The molecule has 1 aliphatic rings. The zero-order chi connectivity index (χ0) is 19.5. The van der Waals surface area contributed by atoms with Gasteiger partial charge in [0.1, 0.15) is 5.25 Å². The fourth-order valence-corrected chi connectivity index (χ4v) is 4.03. The van der Waals surface area contributed by atoms with E-state index in [2.05, 4.69) is 15.6 Å². The van der Waals surface area contributed by atoms with E-state index in [0.29, 0.717) is 5.17 Å². The Morgan fingerprint density at radius 2 is 1.82 bits per heavy atom. The van der Waals surface area contributed by atoms with Crippen LogP contribution in [0.5, 0.6) is 0 Å². The van der Waals surface area contributed by atoms with Gasteiger partial charge >= 0.3 is 0 Å². The van der Waals surface area contributed by atoms with Crippen LogP contribution < -0.4 is 10.6 Å². The number of benzene rings is 3. The predicted molar refractivity (Wildman–Crippen MR) is 115 cm³/mol. The summed E-state index contributed by atoms with van der Waals surface area (Å²) in [5.41, 5.74) is 2.62. The molecule has 0 aliphatic carbocycles. The van der Waals surface area contributed by atoms with Crippen molar-refractivity contribution in [2.45, 2.75) is 18.6 Å². The number of aliphatic imine (C=N–C) groups is 1. The highest BCUT2D eigenvalue weighted by molar-refractivity contribution is 8.15. The van der Waals surface area contributed by atoms with Crippen LogP contribution in [0.1, 0.15) is 12.0 Å². The number of aryl methyl sites for hydroxylation is 1. The number of rotatable bonds is 3. The van der Waals surface area contributed by atoms with Crippen LogP contribution in [0.3, 0.4) is 0 Å². The highest BCUT2D eigenvalue weighted by atomic mass is 32.2. The van der Waals surface area contributed by atoms with Gasteiger partial charge in [-0.15, -0.1) is 0 Å². The minimum Gasteiger partial charge on any atom is -0.325 e. The maximum atomic E-state index is 12.8. The first kappa shape index (κ1) is 18.3. The molecule has 0 aromatic heterocycles. The highest BCUT2D eigenvalue weighted by Gasteiger charge is 2.30. The lowest BCUT2D eigenvalue weighted by atomic mass is 10.1. The van der Waals surface area contributed by atoms with Gasteiger partial charge in [-0.05, 0) is 30.5 Å². The summed E-state index contributed by atoms with van der Waals surface area (Å²) < 4.78 is 0. The molecular weight excluding hydrogens is 370 g/mol. The number of nitrogens with zero attached hydrogens (tertiary/aromatic N) is 1. The van der Waals surface area contributed by atoms with Crippen molar-refractivity contribution in [2.24, 2.45) is 4.99 Å². The Bertz CT molecular complexity index is 1070. The fourth-order valence-electron chi connectivity index (χ4n) is 3.03. The van der Waals surface area contributed by atoms with E-state index in [1.54, 1.807) is 0 Å². The van der Waals surface area contributed by atoms with E-state index in [1.165, 1.54) is 11.8 Å². The average molecular weight is 389 g/mol. The van der Waals surface area contributed by atoms with Crippen molar-refractivity contribution in [2.75, 3.05) is 5.32 Å². The molecule has 2 N–H and O–H groups in total. The van der Waals surface area contributed by atoms with Crippen molar-refractivity contribution in [1.82, 2.24) is 5.32 Å². The zero-order valence-electron chi connectivity index (χ0n) is 15.3. The van der Waals surface area contributed by atoms with Crippen LogP contribution in [-0.2, 0) is 9.59 Å². The van der Waals surface area contributed by atoms with Crippen molar-refractivity contribution in [1.29, 1.82) is 0 Å². The average Bonchev–Trinajstić information content (AvgIpc) is 2.69. The summed E-state index contributed by atoms with van der Waals surface area (Å²) in [6, 6.07) is 21.3. The zero-order valence-corrected chi connectivity index (χ0v) is 16.1. The Labute approximate surface area is 167 Å². The first-order chi connectivity index (χ1) is 13.6. The highest BCUT2D eigenvalue weighted by Crippen LogP contribution is 2.27. The molecule has 1 heterocycles. The molecule has 4 rings (SSSR count). The molecule has 1 aliphatic heterocycles. The molecule has 3 aromatic rings. The Kier molecular flexibility index (Phi) is 5.12. The SMILES string of the molecule is Cc1ccc(N=C2NC(=O)CC(C(=O)Nc3cccc4ccccc34)S2)cc1. The van der Waals surface area contributed by atoms with Crippen LogP contribution >= 0.6 is 11.8 Å². The molecule has 1 unspecified atom stereocenters. The molecule has 0 spiro atoms. The number of thioether (sulfide) groups is 1. The third-order valence-electron chi connectivity index (χ3n) is 4.48. The largest absolute Gasteiger partial charge is 0.325 e. The van der Waals surface area contributed by atoms with Crippen molar-refractivity contribution >= 4 is 50.9 Å². The number of carbonyl (C=O) groups excluding carboxylic acids is 2. The summed E-state index contributed by atoms with van der Waals surface area (Å²) in [7, 11) is 0. The number of fused-ring (bicyclic) bond motifs is 1. The number of hydrogen-bond acceptors (Lipinski definition) is 4. The van der Waals surface area contributed by atoms with Crippen LogP contribution in [0.25, 0.3) is 10.8 Å². The summed E-state index contributed by atoms with van der Waals surface area (Å²) in [6.45, 7) is 2.00. The van der Waals surface area contributed by atoms with Crippen molar-refractivity contribution in [3.8, 4) is 0 Å². The molecule has 0 saturated carbocycles. The first-order valence-electron chi connectivity index (χ1n) is 8.99. The molecular formula is C22H19N3O2S. The number of hydrogen-bond donors (Lipinski definition) is 2. The molecule has 28 heavy (non-hydrogen) atoms. The Hall–Kier alpha value is -3.12. The van der Waals surface area contributed by atoms with E-state index in [-0.39, 0.29) is 18.2 Å². The molecule has 1 saturated heterocycles. The lowest BCUT2D eigenvalue weighted by molar-refractivity contribution is -0.123. The van der Waals surface area contributed by atoms with Gasteiger partial charge < -0.3 is 10.6 Å². The lowest BCUT2D eigenvalue weighted by Crippen LogP contribution is -2.41. The summed E-state index contributed by atoms with van der Waals surface area (Å²) in [6.07, 6.45) is 0.119. The van der Waals surface area contributed by atoms with Gasteiger partial charge in [-0.3, -0.25) is 9.59 Å². The van der Waals surface area contributed by atoms with Crippen molar-refractivity contribution in [3.63, 3.8) is 0 Å². The molecule has 3 aromatic carbocycles. The van der Waals surface area contributed by atoms with Gasteiger partial charge in [-0.25, -0.2) is 4.99 Å². The van der Waals surface area contributed by atoms with E-state index in [9.17, 15) is 9.59 Å². The van der Waals surface area contributed by atoms with Crippen LogP contribution in [0.15, 0.2) is 71.7 Å². The van der Waals surface area contributed by atoms with Crippen LogP contribution in [-0.4, -0.2) is 22.2 Å². The van der Waals surface area contributed by atoms with Gasteiger partial charge in [0.15, 0.2) is 5.17 Å². The summed E-state index contributed by atoms with van der Waals surface area (Å²) in [4.78, 5) is 29.4.